The number of hydrogen-bond acceptors (Lipinski definition) is 4. The van der Waals surface area contributed by atoms with Gasteiger partial charge in [0.05, 0.1) is 5.69 Å². The summed E-state index contributed by atoms with van der Waals surface area (Å²) < 4.78 is 26.4. The van der Waals surface area contributed by atoms with Crippen molar-refractivity contribution in [3.8, 4) is 0 Å². The van der Waals surface area contributed by atoms with Crippen molar-refractivity contribution in [3.63, 3.8) is 0 Å². The van der Waals surface area contributed by atoms with E-state index in [1.165, 1.54) is 16.6 Å². The molecule has 2 heterocycles. The van der Waals surface area contributed by atoms with Crippen molar-refractivity contribution in [2.75, 3.05) is 10.8 Å². The minimum absolute atomic E-state index is 0.00433. The zero-order chi connectivity index (χ0) is 13.9. The number of sulfonamides is 1. The van der Waals surface area contributed by atoms with Gasteiger partial charge < -0.3 is 0 Å². The topological polar surface area (TPSA) is 63.2 Å². The van der Waals surface area contributed by atoms with E-state index in [1.807, 2.05) is 0 Å². The van der Waals surface area contributed by atoms with Gasteiger partial charge in [-0.3, -0.25) is 9.29 Å². The molecule has 7 heteroatoms. The second-order valence-corrected chi connectivity index (χ2v) is 5.86. The van der Waals surface area contributed by atoms with Crippen molar-refractivity contribution in [1.82, 2.24) is 9.97 Å². The molecule has 0 amide bonds. The molecule has 0 aliphatic heterocycles. The molecule has 0 aromatic carbocycles. The minimum Gasteiger partial charge on any atom is -0.266 e. The van der Waals surface area contributed by atoms with Crippen LogP contribution in [0, 0.1) is 0 Å². The third-order valence-corrected chi connectivity index (χ3v) is 4.88. The molecular weight excluding hydrogens is 286 g/mol. The highest BCUT2D eigenvalue weighted by Gasteiger charge is 2.26. The van der Waals surface area contributed by atoms with Gasteiger partial charge in [0.15, 0.2) is 0 Å². The molecule has 0 bridgehead atoms. The summed E-state index contributed by atoms with van der Waals surface area (Å²) in [5.74, 6) is 0. The lowest BCUT2D eigenvalue weighted by atomic mass is 10.4. The molecule has 0 saturated carbocycles. The molecule has 0 saturated heterocycles. The molecule has 2 aromatic heterocycles. The van der Waals surface area contributed by atoms with Crippen LogP contribution < -0.4 is 4.31 Å². The van der Waals surface area contributed by atoms with Crippen LogP contribution in [0.2, 0.25) is 5.15 Å². The molecule has 5 nitrogen and oxygen atoms in total. The zero-order valence-electron chi connectivity index (χ0n) is 10.2. The normalized spacial score (nSPS) is 11.3. The molecule has 0 spiro atoms. The second-order valence-electron chi connectivity index (χ2n) is 3.67. The van der Waals surface area contributed by atoms with Gasteiger partial charge in [0.1, 0.15) is 10.0 Å². The molecule has 0 unspecified atom stereocenters. The highest BCUT2D eigenvalue weighted by molar-refractivity contribution is 7.93. The Morgan fingerprint density at radius 2 is 1.89 bits per heavy atom. The van der Waals surface area contributed by atoms with E-state index in [-0.39, 0.29) is 16.6 Å². The summed E-state index contributed by atoms with van der Waals surface area (Å²) >= 11 is 5.87. The van der Waals surface area contributed by atoms with Crippen LogP contribution in [-0.2, 0) is 10.0 Å². The number of hydrogen-bond donors (Lipinski definition) is 0. The Kier molecular flexibility index (Phi) is 4.01. The highest BCUT2D eigenvalue weighted by atomic mass is 35.5. The fourth-order valence-corrected chi connectivity index (χ4v) is 3.59. The van der Waals surface area contributed by atoms with E-state index < -0.39 is 10.0 Å². The smallest absolute Gasteiger partial charge is 0.266 e. The Balaban J connectivity index is 2.52. The number of aromatic nitrogens is 2. The summed E-state index contributed by atoms with van der Waals surface area (Å²) in [5.41, 5.74) is 0.539. The fraction of sp³-hybridized carbons (Fsp3) is 0.167. The van der Waals surface area contributed by atoms with E-state index in [4.69, 9.17) is 11.6 Å². The minimum atomic E-state index is -3.72. The first kappa shape index (κ1) is 13.8. The molecule has 0 aliphatic carbocycles. The first-order valence-corrected chi connectivity index (χ1v) is 7.42. The van der Waals surface area contributed by atoms with Crippen molar-refractivity contribution < 1.29 is 8.42 Å². The van der Waals surface area contributed by atoms with Gasteiger partial charge in [0.2, 0.25) is 0 Å². The molecule has 0 atom stereocenters. The Hall–Kier alpha value is -1.66. The summed E-state index contributed by atoms with van der Waals surface area (Å²) in [6, 6.07) is 6.24. The molecule has 0 aliphatic rings. The van der Waals surface area contributed by atoms with Crippen LogP contribution >= 0.6 is 11.6 Å². The van der Waals surface area contributed by atoms with E-state index in [1.54, 1.807) is 37.5 Å². The lowest BCUT2D eigenvalue weighted by molar-refractivity contribution is 0.591. The highest BCUT2D eigenvalue weighted by Crippen LogP contribution is 2.26. The van der Waals surface area contributed by atoms with Gasteiger partial charge in [-0.05, 0) is 31.2 Å². The van der Waals surface area contributed by atoms with Crippen LogP contribution in [-0.4, -0.2) is 24.9 Å². The molecule has 0 N–H and O–H groups in total. The van der Waals surface area contributed by atoms with Crippen molar-refractivity contribution in [3.05, 3.63) is 48.0 Å². The lowest BCUT2D eigenvalue weighted by Gasteiger charge is -2.22. The Bertz CT molecular complexity index is 662. The van der Waals surface area contributed by atoms with E-state index in [9.17, 15) is 8.42 Å². The van der Waals surface area contributed by atoms with E-state index >= 15 is 0 Å². The summed E-state index contributed by atoms with van der Waals surface area (Å²) in [7, 11) is -3.72. The maximum absolute atomic E-state index is 12.6. The van der Waals surface area contributed by atoms with Gasteiger partial charge >= 0.3 is 0 Å². The quantitative estimate of drug-likeness (QED) is 0.813. The Morgan fingerprint density at radius 1 is 1.21 bits per heavy atom. The average Bonchev–Trinajstić information content (AvgIpc) is 2.40. The Labute approximate surface area is 116 Å². The van der Waals surface area contributed by atoms with Crippen molar-refractivity contribution >= 4 is 27.3 Å². The largest absolute Gasteiger partial charge is 0.267 e. The van der Waals surface area contributed by atoms with E-state index in [2.05, 4.69) is 9.97 Å². The number of halogens is 1. The van der Waals surface area contributed by atoms with Crippen LogP contribution in [0.15, 0.2) is 47.8 Å². The monoisotopic (exact) mass is 297 g/mol. The van der Waals surface area contributed by atoms with Crippen LogP contribution in [0.3, 0.4) is 0 Å². The van der Waals surface area contributed by atoms with Gasteiger partial charge in [-0.1, -0.05) is 11.6 Å². The standard InChI is InChI=1S/C12H12ClN3O2S/c1-2-16(10-5-8-14-9-6-10)19(17,18)11-4-3-7-15-12(11)13/h3-9H,2H2,1H3. The molecular formula is C12H12ClN3O2S. The predicted molar refractivity (Wildman–Crippen MR) is 73.7 cm³/mol. The van der Waals surface area contributed by atoms with Crippen LogP contribution in [0.1, 0.15) is 6.92 Å². The van der Waals surface area contributed by atoms with E-state index in [0.29, 0.717) is 5.69 Å². The maximum atomic E-state index is 12.6. The lowest BCUT2D eigenvalue weighted by Crippen LogP contribution is -2.31. The predicted octanol–water partition coefficient (Wildman–Crippen LogP) is 2.35. The molecule has 100 valence electrons. The molecule has 2 rings (SSSR count). The van der Waals surface area contributed by atoms with E-state index in [0.717, 1.165) is 0 Å². The zero-order valence-corrected chi connectivity index (χ0v) is 11.8. The molecule has 19 heavy (non-hydrogen) atoms. The van der Waals surface area contributed by atoms with Gasteiger partial charge in [0.25, 0.3) is 10.0 Å². The van der Waals surface area contributed by atoms with Gasteiger partial charge in [-0.25, -0.2) is 13.4 Å². The van der Waals surface area contributed by atoms with Gasteiger partial charge in [-0.15, -0.1) is 0 Å². The molecule has 0 radical (unpaired) electrons. The van der Waals surface area contributed by atoms with Crippen molar-refractivity contribution in [1.29, 1.82) is 0 Å². The first-order chi connectivity index (χ1) is 9.07. The first-order valence-electron chi connectivity index (χ1n) is 5.60. The number of nitrogens with zero attached hydrogens (tertiary/aromatic N) is 3. The summed E-state index contributed by atoms with van der Waals surface area (Å²) in [6.07, 6.45) is 4.53. The Morgan fingerprint density at radius 3 is 2.47 bits per heavy atom. The van der Waals surface area contributed by atoms with Crippen LogP contribution in [0.5, 0.6) is 0 Å². The second kappa shape index (κ2) is 5.54. The van der Waals surface area contributed by atoms with Crippen LogP contribution in [0.4, 0.5) is 5.69 Å². The summed E-state index contributed by atoms with van der Waals surface area (Å²) in [5, 5.41) is -0.0324. The number of pyridine rings is 2. The summed E-state index contributed by atoms with van der Waals surface area (Å²) in [4.78, 5) is 7.67. The molecule has 0 fully saturated rings. The SMILES string of the molecule is CCN(c1ccncc1)S(=O)(=O)c1cccnc1Cl. The number of anilines is 1. The van der Waals surface area contributed by atoms with Gasteiger partial charge in [0, 0.05) is 25.1 Å². The number of rotatable bonds is 4. The third-order valence-electron chi connectivity index (χ3n) is 2.53. The molecule has 2 aromatic rings. The van der Waals surface area contributed by atoms with Crippen molar-refractivity contribution in [2.45, 2.75) is 11.8 Å². The maximum Gasteiger partial charge on any atom is 0.267 e. The fourth-order valence-electron chi connectivity index (χ4n) is 1.68. The van der Waals surface area contributed by atoms with Crippen molar-refractivity contribution in [2.24, 2.45) is 0 Å². The van der Waals surface area contributed by atoms with Gasteiger partial charge in [-0.2, -0.15) is 0 Å². The van der Waals surface area contributed by atoms with Crippen LogP contribution in [0.25, 0.3) is 0 Å². The average molecular weight is 298 g/mol. The third kappa shape index (κ3) is 2.69. The summed E-state index contributed by atoms with van der Waals surface area (Å²) in [6.45, 7) is 2.04.